The number of carbonyl (C=O) groups is 2. The van der Waals surface area contributed by atoms with Crippen molar-refractivity contribution in [3.05, 3.63) is 53.6 Å². The highest BCUT2D eigenvalue weighted by molar-refractivity contribution is 7.99. The minimum Gasteiger partial charge on any atom is -0.455 e. The molecule has 2 aromatic rings. The number of hydrogen-bond donors (Lipinski definition) is 2. The number of nitrogens with one attached hydrogen (secondary N) is 2. The molecule has 2 N–H and O–H groups in total. The van der Waals surface area contributed by atoms with Gasteiger partial charge in [0.15, 0.2) is 5.75 Å². The average molecular weight is 437 g/mol. The van der Waals surface area contributed by atoms with Crippen LogP contribution in [0.5, 0.6) is 11.5 Å². The topological polar surface area (TPSA) is 76.7 Å². The second-order valence-electron chi connectivity index (χ2n) is 7.09. The number of halogens is 1. The summed E-state index contributed by atoms with van der Waals surface area (Å²) in [6.07, 6.45) is -0.468. The summed E-state index contributed by atoms with van der Waals surface area (Å²) in [6.45, 7) is 5.82. The van der Waals surface area contributed by atoms with Crippen LogP contribution in [0.25, 0.3) is 0 Å². The predicted octanol–water partition coefficient (Wildman–Crippen LogP) is 5.33. The Balaban J connectivity index is 1.80. The molecule has 0 spiro atoms. The van der Waals surface area contributed by atoms with Crippen molar-refractivity contribution in [3.63, 3.8) is 0 Å². The van der Waals surface area contributed by atoms with Crippen molar-refractivity contribution in [3.8, 4) is 11.5 Å². The second kappa shape index (κ2) is 11.0. The lowest BCUT2D eigenvalue weighted by Crippen LogP contribution is -2.33. The summed E-state index contributed by atoms with van der Waals surface area (Å²) in [5.74, 6) is 1.79. The minimum absolute atomic E-state index is 0.188. The van der Waals surface area contributed by atoms with Gasteiger partial charge in [-0.3, -0.25) is 4.79 Å². The first kappa shape index (κ1) is 22.9. The fraction of sp³-hybridized carbons (Fsp3) is 0.333. The van der Waals surface area contributed by atoms with E-state index in [0.29, 0.717) is 34.5 Å². The van der Waals surface area contributed by atoms with Gasteiger partial charge in [-0.15, -0.1) is 0 Å². The van der Waals surface area contributed by atoms with Crippen LogP contribution in [0.1, 0.15) is 20.8 Å². The van der Waals surface area contributed by atoms with E-state index in [0.717, 1.165) is 0 Å². The molecule has 2 aromatic carbocycles. The maximum atomic E-state index is 12.3. The molecule has 2 rings (SSSR count). The van der Waals surface area contributed by atoms with Gasteiger partial charge in [0, 0.05) is 17.3 Å². The van der Waals surface area contributed by atoms with Crippen LogP contribution in [-0.4, -0.2) is 35.7 Å². The first-order valence-corrected chi connectivity index (χ1v) is 10.6. The van der Waals surface area contributed by atoms with Crippen molar-refractivity contribution in [2.75, 3.05) is 23.4 Å². The summed E-state index contributed by atoms with van der Waals surface area (Å²) in [7, 11) is 0. The van der Waals surface area contributed by atoms with Crippen molar-refractivity contribution in [2.45, 2.75) is 26.4 Å². The second-order valence-corrected chi connectivity index (χ2v) is 8.63. The summed E-state index contributed by atoms with van der Waals surface area (Å²) >= 11 is 7.46. The zero-order valence-corrected chi connectivity index (χ0v) is 18.2. The number of carbonyl (C=O) groups excluding carboxylic acids is 2. The normalized spacial score (nSPS) is 10.9. The lowest BCUT2D eigenvalue weighted by atomic mass is 10.2. The maximum absolute atomic E-state index is 12.3. The van der Waals surface area contributed by atoms with Crippen LogP contribution >= 0.6 is 23.4 Å². The van der Waals surface area contributed by atoms with Crippen LogP contribution in [0.3, 0.4) is 0 Å². The van der Waals surface area contributed by atoms with Crippen LogP contribution in [-0.2, 0) is 9.53 Å². The molecule has 0 aliphatic carbocycles. The van der Waals surface area contributed by atoms with Crippen LogP contribution in [0, 0.1) is 0 Å². The minimum atomic E-state index is -0.534. The summed E-state index contributed by atoms with van der Waals surface area (Å²) in [5, 5.41) is 5.97. The predicted molar refractivity (Wildman–Crippen MR) is 118 cm³/mol. The molecule has 0 heterocycles. The number of hydrogen-bond acceptors (Lipinski definition) is 5. The SMILES string of the molecule is CC(C)(C)OC(=O)NCCSCC(=O)Nc1cc(Cl)ccc1Oc1ccccc1. The lowest BCUT2D eigenvalue weighted by molar-refractivity contribution is -0.113. The Labute approximate surface area is 180 Å². The number of benzene rings is 2. The van der Waals surface area contributed by atoms with Crippen molar-refractivity contribution in [1.82, 2.24) is 5.32 Å². The van der Waals surface area contributed by atoms with Gasteiger partial charge in [0.2, 0.25) is 5.91 Å². The van der Waals surface area contributed by atoms with E-state index in [2.05, 4.69) is 10.6 Å². The molecule has 6 nitrogen and oxygen atoms in total. The third-order valence-corrected chi connectivity index (χ3v) is 4.53. The van der Waals surface area contributed by atoms with Crippen molar-refractivity contribution < 1.29 is 19.1 Å². The fourth-order valence-corrected chi connectivity index (χ4v) is 3.02. The van der Waals surface area contributed by atoms with Gasteiger partial charge in [-0.25, -0.2) is 4.79 Å². The standard InChI is InChI=1S/C21H25ClN2O4S/c1-21(2,3)28-20(26)23-11-12-29-14-19(25)24-17-13-15(22)9-10-18(17)27-16-7-5-4-6-8-16/h4-10,13H,11-12,14H2,1-3H3,(H,23,26)(H,24,25). The zero-order valence-electron chi connectivity index (χ0n) is 16.7. The van der Waals surface area contributed by atoms with Crippen LogP contribution < -0.4 is 15.4 Å². The number of amides is 2. The third-order valence-electron chi connectivity index (χ3n) is 3.33. The van der Waals surface area contributed by atoms with Crippen molar-refractivity contribution in [1.29, 1.82) is 0 Å². The molecule has 0 saturated carbocycles. The molecule has 0 atom stereocenters. The smallest absolute Gasteiger partial charge is 0.407 e. The van der Waals surface area contributed by atoms with Gasteiger partial charge in [0.25, 0.3) is 0 Å². The van der Waals surface area contributed by atoms with Crippen LogP contribution in [0.2, 0.25) is 5.02 Å². The van der Waals surface area contributed by atoms with Gasteiger partial charge in [0.1, 0.15) is 11.4 Å². The number of thioether (sulfide) groups is 1. The lowest BCUT2D eigenvalue weighted by Gasteiger charge is -2.19. The van der Waals surface area contributed by atoms with Crippen molar-refractivity contribution in [2.24, 2.45) is 0 Å². The summed E-state index contributed by atoms with van der Waals surface area (Å²) < 4.78 is 11.0. The van der Waals surface area contributed by atoms with Gasteiger partial charge in [0.05, 0.1) is 11.4 Å². The Bertz CT molecular complexity index is 825. The molecule has 0 radical (unpaired) electrons. The Morgan fingerprint density at radius 3 is 2.52 bits per heavy atom. The summed E-state index contributed by atoms with van der Waals surface area (Å²) in [5.41, 5.74) is -0.0352. The molecular weight excluding hydrogens is 412 g/mol. The highest BCUT2D eigenvalue weighted by Gasteiger charge is 2.15. The van der Waals surface area contributed by atoms with Crippen LogP contribution in [0.15, 0.2) is 48.5 Å². The molecule has 156 valence electrons. The van der Waals surface area contributed by atoms with Crippen LogP contribution in [0.4, 0.5) is 10.5 Å². The molecule has 0 aliphatic heterocycles. The van der Waals surface area contributed by atoms with Gasteiger partial charge in [-0.1, -0.05) is 29.8 Å². The highest BCUT2D eigenvalue weighted by Crippen LogP contribution is 2.32. The van der Waals surface area contributed by atoms with Crippen molar-refractivity contribution >= 4 is 41.1 Å². The molecule has 0 unspecified atom stereocenters. The first-order chi connectivity index (χ1) is 13.7. The van der Waals surface area contributed by atoms with E-state index in [1.807, 2.05) is 30.3 Å². The Kier molecular flexibility index (Phi) is 8.67. The Hall–Kier alpha value is -2.38. The monoisotopic (exact) mass is 436 g/mol. The van der Waals surface area contributed by atoms with E-state index >= 15 is 0 Å². The van der Waals surface area contributed by atoms with E-state index < -0.39 is 11.7 Å². The molecule has 2 amide bonds. The van der Waals surface area contributed by atoms with E-state index in [4.69, 9.17) is 21.1 Å². The molecule has 0 bridgehead atoms. The Morgan fingerprint density at radius 2 is 1.83 bits per heavy atom. The summed E-state index contributed by atoms with van der Waals surface area (Å²) in [4.78, 5) is 23.8. The average Bonchev–Trinajstić information content (AvgIpc) is 2.63. The zero-order chi connectivity index (χ0) is 21.3. The fourth-order valence-electron chi connectivity index (χ4n) is 2.19. The molecule has 8 heteroatoms. The molecule has 0 aliphatic rings. The van der Waals surface area contributed by atoms with E-state index in [9.17, 15) is 9.59 Å². The number of anilines is 1. The number of para-hydroxylation sites is 1. The van der Waals surface area contributed by atoms with Gasteiger partial charge in [-0.2, -0.15) is 11.8 Å². The molecule has 0 fully saturated rings. The molecule has 0 saturated heterocycles. The van der Waals surface area contributed by atoms with Gasteiger partial charge < -0.3 is 20.1 Å². The Morgan fingerprint density at radius 1 is 1.10 bits per heavy atom. The first-order valence-electron chi connectivity index (χ1n) is 9.10. The molecular formula is C21H25ClN2O4S. The van der Waals surface area contributed by atoms with E-state index in [-0.39, 0.29) is 11.7 Å². The quantitative estimate of drug-likeness (QED) is 0.547. The number of rotatable bonds is 8. The number of ether oxygens (including phenoxy) is 2. The van der Waals surface area contributed by atoms with Gasteiger partial charge in [-0.05, 0) is 51.1 Å². The van der Waals surface area contributed by atoms with E-state index in [1.54, 1.807) is 39.0 Å². The summed E-state index contributed by atoms with van der Waals surface area (Å²) in [6, 6.07) is 14.3. The van der Waals surface area contributed by atoms with E-state index in [1.165, 1.54) is 11.8 Å². The molecule has 29 heavy (non-hydrogen) atoms. The molecule has 0 aromatic heterocycles. The third kappa shape index (κ3) is 9.11. The number of alkyl carbamates (subject to hydrolysis) is 1. The maximum Gasteiger partial charge on any atom is 0.407 e. The van der Waals surface area contributed by atoms with Gasteiger partial charge >= 0.3 is 6.09 Å². The largest absolute Gasteiger partial charge is 0.455 e. The highest BCUT2D eigenvalue weighted by atomic mass is 35.5.